The molecule has 4 heteroatoms. The van der Waals surface area contributed by atoms with E-state index in [9.17, 15) is 4.79 Å². The van der Waals surface area contributed by atoms with Gasteiger partial charge >= 0.3 is 5.97 Å². The molecule has 0 bridgehead atoms. The number of hydrogen-bond donors (Lipinski definition) is 1. The Morgan fingerprint density at radius 3 is 2.25 bits per heavy atom. The van der Waals surface area contributed by atoms with Crippen molar-refractivity contribution in [3.63, 3.8) is 0 Å². The van der Waals surface area contributed by atoms with E-state index in [-0.39, 0.29) is 0 Å². The second-order valence-electron chi connectivity index (χ2n) is 3.52. The van der Waals surface area contributed by atoms with Crippen LogP contribution >= 0.6 is 11.8 Å². The minimum absolute atomic E-state index is 0.485. The Bertz CT molecular complexity index is 197. The van der Waals surface area contributed by atoms with E-state index in [4.69, 9.17) is 5.11 Å². The minimum Gasteiger partial charge on any atom is -0.480 e. The Morgan fingerprint density at radius 1 is 1.33 bits per heavy atom. The van der Waals surface area contributed by atoms with Crippen molar-refractivity contribution in [1.29, 1.82) is 0 Å². The highest BCUT2D eigenvalue weighted by molar-refractivity contribution is 8.01. The van der Waals surface area contributed by atoms with Gasteiger partial charge in [-0.3, -0.25) is 9.69 Å². The zero-order chi connectivity index (χ0) is 8.60. The fraction of sp³-hybridized carbons (Fsp3) is 0.875. The molecule has 2 heterocycles. The lowest BCUT2D eigenvalue weighted by Crippen LogP contribution is -2.62. The van der Waals surface area contributed by atoms with Gasteiger partial charge in [0.15, 0.2) is 0 Å². The number of nitrogens with zero attached hydrogens (tertiary/aromatic N) is 1. The second kappa shape index (κ2) is 2.92. The van der Waals surface area contributed by atoms with E-state index >= 15 is 0 Å². The molecule has 0 aromatic heterocycles. The Morgan fingerprint density at radius 2 is 1.92 bits per heavy atom. The van der Waals surface area contributed by atoms with E-state index in [1.54, 1.807) is 11.8 Å². The van der Waals surface area contributed by atoms with E-state index in [1.165, 1.54) is 12.8 Å². The Labute approximate surface area is 76.1 Å². The van der Waals surface area contributed by atoms with Crippen molar-refractivity contribution in [3.8, 4) is 0 Å². The van der Waals surface area contributed by atoms with Gasteiger partial charge in [-0.25, -0.2) is 0 Å². The highest BCUT2D eigenvalue weighted by Crippen LogP contribution is 2.37. The summed E-state index contributed by atoms with van der Waals surface area (Å²) in [5.74, 6) is 0.938. The first kappa shape index (κ1) is 8.38. The predicted molar refractivity (Wildman–Crippen MR) is 48.5 cm³/mol. The highest BCUT2D eigenvalue weighted by atomic mass is 32.2. The third-order valence-corrected chi connectivity index (χ3v) is 4.15. The van der Waals surface area contributed by atoms with Gasteiger partial charge in [0.1, 0.15) is 5.54 Å². The molecule has 2 fully saturated rings. The molecule has 0 aromatic carbocycles. The smallest absolute Gasteiger partial charge is 0.325 e. The number of likely N-dealkylation sites (tertiary alicyclic amines) is 1. The summed E-state index contributed by atoms with van der Waals surface area (Å²) in [6.45, 7) is 1.96. The molecule has 0 saturated carbocycles. The number of carboxylic acids is 1. The molecule has 12 heavy (non-hydrogen) atoms. The number of rotatable bonds is 2. The quantitative estimate of drug-likeness (QED) is 0.689. The van der Waals surface area contributed by atoms with Gasteiger partial charge < -0.3 is 5.11 Å². The third kappa shape index (κ3) is 1.05. The van der Waals surface area contributed by atoms with Gasteiger partial charge in [-0.1, -0.05) is 0 Å². The first-order chi connectivity index (χ1) is 5.76. The largest absolute Gasteiger partial charge is 0.480 e. The topological polar surface area (TPSA) is 40.5 Å². The summed E-state index contributed by atoms with van der Waals surface area (Å²) >= 11 is 1.74. The molecule has 2 aliphatic rings. The van der Waals surface area contributed by atoms with Crippen molar-refractivity contribution < 1.29 is 9.90 Å². The summed E-state index contributed by atoms with van der Waals surface area (Å²) in [5.41, 5.74) is -0.485. The first-order valence-corrected chi connectivity index (χ1v) is 5.47. The zero-order valence-electron chi connectivity index (χ0n) is 6.95. The van der Waals surface area contributed by atoms with E-state index in [0.717, 1.165) is 24.6 Å². The van der Waals surface area contributed by atoms with Crippen LogP contribution in [-0.2, 0) is 4.79 Å². The molecule has 0 spiro atoms. The van der Waals surface area contributed by atoms with E-state index in [1.807, 2.05) is 0 Å². The van der Waals surface area contributed by atoms with Crippen LogP contribution < -0.4 is 0 Å². The number of hydrogen-bond acceptors (Lipinski definition) is 3. The summed E-state index contributed by atoms with van der Waals surface area (Å²) < 4.78 is 0. The van der Waals surface area contributed by atoms with Crippen molar-refractivity contribution in [1.82, 2.24) is 4.90 Å². The fourth-order valence-electron chi connectivity index (χ4n) is 1.88. The van der Waals surface area contributed by atoms with Gasteiger partial charge in [0.05, 0.1) is 0 Å². The van der Waals surface area contributed by atoms with Crippen LogP contribution in [0.3, 0.4) is 0 Å². The Kier molecular flexibility index (Phi) is 2.04. The number of carbonyl (C=O) groups is 1. The second-order valence-corrected chi connectivity index (χ2v) is 4.51. The standard InChI is InChI=1S/C8H13NO2S/c10-7(11)8(5-12-6-8)9-3-1-2-4-9/h1-6H2,(H,10,11). The molecule has 0 radical (unpaired) electrons. The van der Waals surface area contributed by atoms with Crippen LogP contribution in [0.4, 0.5) is 0 Å². The lowest BCUT2D eigenvalue weighted by molar-refractivity contribution is -0.148. The summed E-state index contributed by atoms with van der Waals surface area (Å²) in [6, 6.07) is 0. The lowest BCUT2D eigenvalue weighted by atomic mass is 10.0. The third-order valence-electron chi connectivity index (χ3n) is 2.79. The van der Waals surface area contributed by atoms with Crippen molar-refractivity contribution >= 4 is 17.7 Å². The molecule has 2 aliphatic heterocycles. The minimum atomic E-state index is -0.622. The molecule has 0 amide bonds. The average Bonchev–Trinajstić information content (AvgIpc) is 2.35. The van der Waals surface area contributed by atoms with Crippen LogP contribution in [0.2, 0.25) is 0 Å². The Hall–Kier alpha value is -0.220. The maximum Gasteiger partial charge on any atom is 0.325 e. The van der Waals surface area contributed by atoms with Crippen LogP contribution in [0.5, 0.6) is 0 Å². The number of carboxylic acid groups (broad SMARTS) is 1. The molecule has 2 saturated heterocycles. The monoisotopic (exact) mass is 187 g/mol. The van der Waals surface area contributed by atoms with Crippen molar-refractivity contribution in [2.75, 3.05) is 24.6 Å². The summed E-state index contributed by atoms with van der Waals surface area (Å²) in [6.07, 6.45) is 2.33. The number of thioether (sulfide) groups is 1. The van der Waals surface area contributed by atoms with E-state index in [2.05, 4.69) is 4.90 Å². The van der Waals surface area contributed by atoms with Crippen LogP contribution in [0.25, 0.3) is 0 Å². The first-order valence-electron chi connectivity index (χ1n) is 4.32. The van der Waals surface area contributed by atoms with Crippen LogP contribution in [0, 0.1) is 0 Å². The summed E-state index contributed by atoms with van der Waals surface area (Å²) in [4.78, 5) is 13.2. The molecule has 0 unspecified atom stereocenters. The summed E-state index contributed by atoms with van der Waals surface area (Å²) in [5, 5.41) is 9.09. The normalized spacial score (nSPS) is 28.3. The molecule has 68 valence electrons. The fourth-order valence-corrected chi connectivity index (χ4v) is 3.08. The molecule has 0 aliphatic carbocycles. The average molecular weight is 187 g/mol. The molecule has 0 aromatic rings. The van der Waals surface area contributed by atoms with Crippen molar-refractivity contribution in [2.45, 2.75) is 18.4 Å². The molecule has 1 N–H and O–H groups in total. The lowest BCUT2D eigenvalue weighted by Gasteiger charge is -2.44. The predicted octanol–water partition coefficient (Wildman–Crippen LogP) is 0.652. The molecule has 2 rings (SSSR count). The van der Waals surface area contributed by atoms with Gasteiger partial charge in [0, 0.05) is 11.5 Å². The SMILES string of the molecule is O=C(O)C1(N2CCCC2)CSC1. The van der Waals surface area contributed by atoms with Crippen LogP contribution in [-0.4, -0.2) is 46.1 Å². The van der Waals surface area contributed by atoms with Crippen molar-refractivity contribution in [2.24, 2.45) is 0 Å². The van der Waals surface area contributed by atoms with E-state index < -0.39 is 11.5 Å². The zero-order valence-corrected chi connectivity index (χ0v) is 7.77. The van der Waals surface area contributed by atoms with Gasteiger partial charge in [-0.05, 0) is 25.9 Å². The van der Waals surface area contributed by atoms with Gasteiger partial charge in [0.2, 0.25) is 0 Å². The van der Waals surface area contributed by atoms with Gasteiger partial charge in [0.25, 0.3) is 0 Å². The maximum atomic E-state index is 11.0. The summed E-state index contributed by atoms with van der Waals surface area (Å²) in [7, 11) is 0. The molecular weight excluding hydrogens is 174 g/mol. The van der Waals surface area contributed by atoms with Crippen molar-refractivity contribution in [3.05, 3.63) is 0 Å². The van der Waals surface area contributed by atoms with Gasteiger partial charge in [-0.15, -0.1) is 0 Å². The van der Waals surface area contributed by atoms with E-state index in [0.29, 0.717) is 0 Å². The van der Waals surface area contributed by atoms with Crippen LogP contribution in [0.15, 0.2) is 0 Å². The highest BCUT2D eigenvalue weighted by Gasteiger charge is 2.50. The maximum absolute atomic E-state index is 11.0. The Balaban J connectivity index is 2.10. The van der Waals surface area contributed by atoms with Gasteiger partial charge in [-0.2, -0.15) is 11.8 Å². The molecule has 3 nitrogen and oxygen atoms in total. The van der Waals surface area contributed by atoms with Crippen LogP contribution in [0.1, 0.15) is 12.8 Å². The number of aliphatic carboxylic acids is 1. The molecular formula is C8H13NO2S. The molecule has 0 atom stereocenters.